The standard InChI is InChI=1S/C14H14ClNO/c15-13-7-4-8-14(12(13)9-10-16)17-11-5-2-1-3-6-11/h1-8H,9-10,16H2. The Kier molecular flexibility index (Phi) is 4.02. The van der Waals surface area contributed by atoms with Gasteiger partial charge in [0.15, 0.2) is 0 Å². The van der Waals surface area contributed by atoms with Crippen LogP contribution >= 0.6 is 11.6 Å². The van der Waals surface area contributed by atoms with Crippen LogP contribution in [-0.2, 0) is 6.42 Å². The largest absolute Gasteiger partial charge is 0.457 e. The fourth-order valence-electron chi connectivity index (χ4n) is 1.64. The normalized spacial score (nSPS) is 10.2. The number of hydrogen-bond acceptors (Lipinski definition) is 2. The van der Waals surface area contributed by atoms with E-state index in [1.165, 1.54) is 0 Å². The predicted octanol–water partition coefficient (Wildman–Crippen LogP) is 3.63. The molecule has 0 aliphatic heterocycles. The lowest BCUT2D eigenvalue weighted by molar-refractivity contribution is 0.476. The summed E-state index contributed by atoms with van der Waals surface area (Å²) in [5.41, 5.74) is 6.54. The number of ether oxygens (including phenoxy) is 1. The third-order valence-corrected chi connectivity index (χ3v) is 2.80. The minimum atomic E-state index is 0.550. The zero-order chi connectivity index (χ0) is 12.1. The molecule has 0 bridgehead atoms. The Morgan fingerprint density at radius 3 is 2.47 bits per heavy atom. The highest BCUT2D eigenvalue weighted by Gasteiger charge is 2.08. The summed E-state index contributed by atoms with van der Waals surface area (Å²) in [6.45, 7) is 0.550. The van der Waals surface area contributed by atoms with E-state index in [-0.39, 0.29) is 0 Å². The van der Waals surface area contributed by atoms with Crippen LogP contribution in [0.15, 0.2) is 48.5 Å². The van der Waals surface area contributed by atoms with Crippen LogP contribution in [0.5, 0.6) is 11.5 Å². The molecule has 0 atom stereocenters. The molecular weight excluding hydrogens is 234 g/mol. The van der Waals surface area contributed by atoms with E-state index in [1.54, 1.807) is 0 Å². The van der Waals surface area contributed by atoms with Crippen LogP contribution in [0.2, 0.25) is 5.02 Å². The van der Waals surface area contributed by atoms with Gasteiger partial charge in [0, 0.05) is 10.6 Å². The number of rotatable bonds is 4. The van der Waals surface area contributed by atoms with Crippen molar-refractivity contribution in [3.8, 4) is 11.5 Å². The van der Waals surface area contributed by atoms with E-state index in [1.807, 2.05) is 48.5 Å². The summed E-state index contributed by atoms with van der Waals surface area (Å²) < 4.78 is 5.80. The van der Waals surface area contributed by atoms with Gasteiger partial charge in [0.1, 0.15) is 11.5 Å². The van der Waals surface area contributed by atoms with E-state index in [2.05, 4.69) is 0 Å². The van der Waals surface area contributed by atoms with Crippen LogP contribution in [-0.4, -0.2) is 6.54 Å². The predicted molar refractivity (Wildman–Crippen MR) is 70.7 cm³/mol. The minimum absolute atomic E-state index is 0.550. The van der Waals surface area contributed by atoms with E-state index in [9.17, 15) is 0 Å². The molecule has 2 rings (SSSR count). The van der Waals surface area contributed by atoms with E-state index in [4.69, 9.17) is 22.1 Å². The molecule has 0 aliphatic rings. The average Bonchev–Trinajstić information content (AvgIpc) is 2.35. The summed E-state index contributed by atoms with van der Waals surface area (Å²) in [5.74, 6) is 1.57. The smallest absolute Gasteiger partial charge is 0.132 e. The highest BCUT2D eigenvalue weighted by atomic mass is 35.5. The first-order valence-corrected chi connectivity index (χ1v) is 5.89. The molecule has 0 heterocycles. The molecule has 0 aliphatic carbocycles. The molecule has 2 N–H and O–H groups in total. The van der Waals surface area contributed by atoms with Crippen LogP contribution in [0.3, 0.4) is 0 Å². The third-order valence-electron chi connectivity index (χ3n) is 2.44. The van der Waals surface area contributed by atoms with Gasteiger partial charge in [0.25, 0.3) is 0 Å². The van der Waals surface area contributed by atoms with Gasteiger partial charge in [0.05, 0.1) is 0 Å². The van der Waals surface area contributed by atoms with E-state index in [0.29, 0.717) is 18.0 Å². The van der Waals surface area contributed by atoms with Gasteiger partial charge in [-0.3, -0.25) is 0 Å². The fourth-order valence-corrected chi connectivity index (χ4v) is 1.90. The summed E-state index contributed by atoms with van der Waals surface area (Å²) in [6.07, 6.45) is 0.710. The highest BCUT2D eigenvalue weighted by molar-refractivity contribution is 6.31. The monoisotopic (exact) mass is 247 g/mol. The van der Waals surface area contributed by atoms with Crippen molar-refractivity contribution in [2.75, 3.05) is 6.54 Å². The van der Waals surface area contributed by atoms with Crippen LogP contribution in [0.1, 0.15) is 5.56 Å². The molecule has 2 nitrogen and oxygen atoms in total. The van der Waals surface area contributed by atoms with E-state index < -0.39 is 0 Å². The maximum absolute atomic E-state index is 6.14. The lowest BCUT2D eigenvalue weighted by Crippen LogP contribution is -2.04. The third kappa shape index (κ3) is 2.99. The average molecular weight is 248 g/mol. The Hall–Kier alpha value is -1.51. The quantitative estimate of drug-likeness (QED) is 0.895. The second-order valence-corrected chi connectivity index (χ2v) is 4.08. The molecule has 0 saturated heterocycles. The summed E-state index contributed by atoms with van der Waals surface area (Å²) in [6, 6.07) is 15.3. The Morgan fingerprint density at radius 2 is 1.76 bits per heavy atom. The maximum atomic E-state index is 6.14. The molecule has 3 heteroatoms. The highest BCUT2D eigenvalue weighted by Crippen LogP contribution is 2.30. The first-order chi connectivity index (χ1) is 8.31. The summed E-state index contributed by atoms with van der Waals surface area (Å²) >= 11 is 6.14. The van der Waals surface area contributed by atoms with Crippen LogP contribution in [0.4, 0.5) is 0 Å². The molecule has 17 heavy (non-hydrogen) atoms. The maximum Gasteiger partial charge on any atom is 0.132 e. The second kappa shape index (κ2) is 5.71. The van der Waals surface area contributed by atoms with Crippen molar-refractivity contribution in [3.63, 3.8) is 0 Å². The van der Waals surface area contributed by atoms with E-state index >= 15 is 0 Å². The topological polar surface area (TPSA) is 35.2 Å². The molecule has 0 aromatic heterocycles. The van der Waals surface area contributed by atoms with Gasteiger partial charge in [0.2, 0.25) is 0 Å². The number of benzene rings is 2. The number of hydrogen-bond donors (Lipinski definition) is 1. The number of nitrogens with two attached hydrogens (primary N) is 1. The summed E-state index contributed by atoms with van der Waals surface area (Å²) in [5, 5.41) is 0.698. The van der Waals surface area contributed by atoms with Crippen LogP contribution in [0.25, 0.3) is 0 Å². The Morgan fingerprint density at radius 1 is 1.00 bits per heavy atom. The molecule has 2 aromatic carbocycles. The zero-order valence-electron chi connectivity index (χ0n) is 9.40. The van der Waals surface area contributed by atoms with Crippen LogP contribution in [0, 0.1) is 0 Å². The first kappa shape index (κ1) is 12.0. The molecule has 0 unspecified atom stereocenters. The number of para-hydroxylation sites is 1. The summed E-state index contributed by atoms with van der Waals surface area (Å²) in [7, 11) is 0. The molecule has 0 amide bonds. The molecular formula is C14H14ClNO. The van der Waals surface area contributed by atoms with Gasteiger partial charge < -0.3 is 10.5 Å². The Bertz CT molecular complexity index is 485. The van der Waals surface area contributed by atoms with Crippen molar-refractivity contribution in [3.05, 3.63) is 59.1 Å². The van der Waals surface area contributed by atoms with Gasteiger partial charge in [-0.2, -0.15) is 0 Å². The molecule has 0 saturated carbocycles. The van der Waals surface area contributed by atoms with Crippen molar-refractivity contribution in [1.82, 2.24) is 0 Å². The molecule has 2 aromatic rings. The van der Waals surface area contributed by atoms with Gasteiger partial charge in [-0.15, -0.1) is 0 Å². The molecule has 88 valence electrons. The second-order valence-electron chi connectivity index (χ2n) is 3.67. The first-order valence-electron chi connectivity index (χ1n) is 5.51. The molecule has 0 radical (unpaired) electrons. The van der Waals surface area contributed by atoms with Gasteiger partial charge in [-0.1, -0.05) is 35.9 Å². The zero-order valence-corrected chi connectivity index (χ0v) is 10.2. The van der Waals surface area contributed by atoms with Crippen LogP contribution < -0.4 is 10.5 Å². The molecule has 0 spiro atoms. The Balaban J connectivity index is 2.29. The number of halogens is 1. The molecule has 0 fully saturated rings. The van der Waals surface area contributed by atoms with Crippen molar-refractivity contribution in [1.29, 1.82) is 0 Å². The fraction of sp³-hybridized carbons (Fsp3) is 0.143. The van der Waals surface area contributed by atoms with Crippen molar-refractivity contribution in [2.45, 2.75) is 6.42 Å². The lowest BCUT2D eigenvalue weighted by atomic mass is 10.1. The SMILES string of the molecule is NCCc1c(Cl)cccc1Oc1ccccc1. The van der Waals surface area contributed by atoms with Crippen molar-refractivity contribution >= 4 is 11.6 Å². The van der Waals surface area contributed by atoms with E-state index in [0.717, 1.165) is 17.1 Å². The minimum Gasteiger partial charge on any atom is -0.457 e. The van der Waals surface area contributed by atoms with Gasteiger partial charge in [-0.25, -0.2) is 0 Å². The van der Waals surface area contributed by atoms with Crippen molar-refractivity contribution < 1.29 is 4.74 Å². The van der Waals surface area contributed by atoms with Gasteiger partial charge in [-0.05, 0) is 37.2 Å². The Labute approximate surface area is 106 Å². The lowest BCUT2D eigenvalue weighted by Gasteiger charge is -2.11. The summed E-state index contributed by atoms with van der Waals surface area (Å²) in [4.78, 5) is 0. The van der Waals surface area contributed by atoms with Gasteiger partial charge >= 0.3 is 0 Å². The van der Waals surface area contributed by atoms with Crippen molar-refractivity contribution in [2.24, 2.45) is 5.73 Å².